The number of esters is 2. The van der Waals surface area contributed by atoms with Crippen molar-refractivity contribution in [2.45, 2.75) is 27.2 Å². The second kappa shape index (κ2) is 8.47. The van der Waals surface area contributed by atoms with Gasteiger partial charge in [0.05, 0.1) is 30.9 Å². The van der Waals surface area contributed by atoms with Crippen LogP contribution in [0, 0.1) is 6.92 Å². The van der Waals surface area contributed by atoms with Crippen molar-refractivity contribution in [3.8, 4) is 0 Å². The molecule has 0 aliphatic rings. The summed E-state index contributed by atoms with van der Waals surface area (Å²) in [7, 11) is 1.65. The molecule has 0 unspecified atom stereocenters. The molecule has 0 N–H and O–H groups in total. The molecule has 138 valence electrons. The van der Waals surface area contributed by atoms with Gasteiger partial charge in [0.1, 0.15) is 0 Å². The van der Waals surface area contributed by atoms with Crippen molar-refractivity contribution in [1.29, 1.82) is 0 Å². The highest BCUT2D eigenvalue weighted by atomic mass is 16.5. The van der Waals surface area contributed by atoms with Crippen molar-refractivity contribution in [2.24, 2.45) is 7.05 Å². The normalized spacial score (nSPS) is 10.5. The third-order valence-corrected chi connectivity index (χ3v) is 4.02. The fraction of sp³-hybridized carbons (Fsp3) is 0.350. The number of ketones is 1. The number of nitrogens with zero attached hydrogens (tertiary/aromatic N) is 1. The third kappa shape index (κ3) is 4.20. The number of aromatic nitrogens is 1. The van der Waals surface area contributed by atoms with Crippen molar-refractivity contribution < 1.29 is 23.9 Å². The molecule has 0 atom stereocenters. The Morgan fingerprint density at radius 3 is 2.19 bits per heavy atom. The van der Waals surface area contributed by atoms with Crippen molar-refractivity contribution in [3.05, 3.63) is 58.4 Å². The quantitative estimate of drug-likeness (QED) is 0.563. The Kier molecular flexibility index (Phi) is 6.33. The Bertz CT molecular complexity index is 817. The SMILES string of the molecule is CCOC(=O)Cc1c(C(=O)OCC)cc(C(=O)c2ccc(C)cc2)n1C. The van der Waals surface area contributed by atoms with Crippen LogP contribution >= 0.6 is 0 Å². The van der Waals surface area contributed by atoms with Gasteiger partial charge in [0.2, 0.25) is 5.78 Å². The smallest absolute Gasteiger partial charge is 0.339 e. The van der Waals surface area contributed by atoms with Gasteiger partial charge in [0.15, 0.2) is 0 Å². The van der Waals surface area contributed by atoms with Gasteiger partial charge in [-0.15, -0.1) is 0 Å². The maximum atomic E-state index is 12.8. The molecule has 0 spiro atoms. The van der Waals surface area contributed by atoms with Gasteiger partial charge in [-0.25, -0.2) is 4.79 Å². The minimum absolute atomic E-state index is 0.111. The van der Waals surface area contributed by atoms with Gasteiger partial charge in [0.25, 0.3) is 0 Å². The number of hydrogen-bond acceptors (Lipinski definition) is 5. The molecule has 0 bridgehead atoms. The zero-order valence-corrected chi connectivity index (χ0v) is 15.5. The fourth-order valence-corrected chi connectivity index (χ4v) is 2.66. The summed E-state index contributed by atoms with van der Waals surface area (Å²) in [6.45, 7) is 5.79. The van der Waals surface area contributed by atoms with E-state index < -0.39 is 11.9 Å². The standard InChI is InChI=1S/C20H23NO5/c1-5-25-18(22)12-16-15(20(24)26-6-2)11-17(21(16)4)19(23)14-9-7-13(3)8-10-14/h7-11H,5-6,12H2,1-4H3. The molecular formula is C20H23NO5. The number of ether oxygens (including phenoxy) is 2. The average molecular weight is 357 g/mol. The topological polar surface area (TPSA) is 74.6 Å². The minimum atomic E-state index is -0.564. The molecule has 26 heavy (non-hydrogen) atoms. The Hall–Kier alpha value is -2.89. The van der Waals surface area contributed by atoms with E-state index in [9.17, 15) is 14.4 Å². The van der Waals surface area contributed by atoms with Gasteiger partial charge in [-0.3, -0.25) is 9.59 Å². The van der Waals surface area contributed by atoms with Crippen LogP contribution < -0.4 is 0 Å². The van der Waals surface area contributed by atoms with E-state index in [0.717, 1.165) is 5.56 Å². The van der Waals surface area contributed by atoms with E-state index in [4.69, 9.17) is 9.47 Å². The molecule has 6 heteroatoms. The molecule has 0 amide bonds. The van der Waals surface area contributed by atoms with E-state index in [1.54, 1.807) is 37.6 Å². The molecule has 0 fully saturated rings. The van der Waals surface area contributed by atoms with Crippen LogP contribution in [0.2, 0.25) is 0 Å². The first-order chi connectivity index (χ1) is 12.4. The molecular weight excluding hydrogens is 334 g/mol. The summed E-state index contributed by atoms with van der Waals surface area (Å²) in [6, 6.07) is 8.65. The van der Waals surface area contributed by atoms with E-state index in [1.807, 2.05) is 19.1 Å². The molecule has 1 heterocycles. The second-order valence-corrected chi connectivity index (χ2v) is 5.85. The lowest BCUT2D eigenvalue weighted by Crippen LogP contribution is -2.16. The minimum Gasteiger partial charge on any atom is -0.466 e. The van der Waals surface area contributed by atoms with E-state index in [2.05, 4.69) is 0 Å². The van der Waals surface area contributed by atoms with Gasteiger partial charge in [-0.2, -0.15) is 0 Å². The molecule has 0 aliphatic carbocycles. The van der Waals surface area contributed by atoms with Crippen molar-refractivity contribution in [3.63, 3.8) is 0 Å². The molecule has 0 radical (unpaired) electrons. The number of carbonyl (C=O) groups is 3. The van der Waals surface area contributed by atoms with Crippen molar-refractivity contribution in [1.82, 2.24) is 4.57 Å². The van der Waals surface area contributed by atoms with Crippen LogP contribution in [0.3, 0.4) is 0 Å². The molecule has 2 aromatic rings. The van der Waals surface area contributed by atoms with Gasteiger partial charge >= 0.3 is 11.9 Å². The van der Waals surface area contributed by atoms with Gasteiger partial charge in [-0.05, 0) is 26.8 Å². The van der Waals surface area contributed by atoms with Crippen LogP contribution in [-0.2, 0) is 27.7 Å². The highest BCUT2D eigenvalue weighted by Gasteiger charge is 2.25. The molecule has 1 aromatic heterocycles. The Labute approximate surface area is 152 Å². The molecule has 6 nitrogen and oxygen atoms in total. The summed E-state index contributed by atoms with van der Waals surface area (Å²) in [5.41, 5.74) is 2.48. The summed E-state index contributed by atoms with van der Waals surface area (Å²) in [4.78, 5) is 37.0. The largest absolute Gasteiger partial charge is 0.466 e. The summed E-state index contributed by atoms with van der Waals surface area (Å²) in [6.07, 6.45) is -0.111. The predicted molar refractivity (Wildman–Crippen MR) is 96.3 cm³/mol. The number of benzene rings is 1. The van der Waals surface area contributed by atoms with Crippen LogP contribution in [-0.4, -0.2) is 35.5 Å². The zero-order valence-electron chi connectivity index (χ0n) is 15.5. The second-order valence-electron chi connectivity index (χ2n) is 5.85. The number of rotatable bonds is 7. The van der Waals surface area contributed by atoms with E-state index in [-0.39, 0.29) is 31.0 Å². The Morgan fingerprint density at radius 2 is 1.62 bits per heavy atom. The van der Waals surface area contributed by atoms with Crippen LogP contribution in [0.15, 0.2) is 30.3 Å². The third-order valence-electron chi connectivity index (χ3n) is 4.02. The first-order valence-electron chi connectivity index (χ1n) is 8.51. The summed E-state index contributed by atoms with van der Waals surface area (Å²) < 4.78 is 11.6. The molecule has 0 aliphatic heterocycles. The van der Waals surface area contributed by atoms with Crippen molar-refractivity contribution in [2.75, 3.05) is 13.2 Å². The molecule has 2 rings (SSSR count). The fourth-order valence-electron chi connectivity index (χ4n) is 2.66. The number of carbonyl (C=O) groups excluding carboxylic acids is 3. The van der Waals surface area contributed by atoms with E-state index in [0.29, 0.717) is 17.0 Å². The van der Waals surface area contributed by atoms with Gasteiger partial charge < -0.3 is 14.0 Å². The van der Waals surface area contributed by atoms with Crippen LogP contribution in [0.5, 0.6) is 0 Å². The first kappa shape index (κ1) is 19.4. The lowest BCUT2D eigenvalue weighted by Gasteiger charge is -2.09. The zero-order chi connectivity index (χ0) is 19.3. The lowest BCUT2D eigenvalue weighted by molar-refractivity contribution is -0.142. The summed E-state index contributed by atoms with van der Waals surface area (Å²) in [5, 5.41) is 0. The maximum absolute atomic E-state index is 12.8. The first-order valence-corrected chi connectivity index (χ1v) is 8.51. The van der Waals surface area contributed by atoms with Crippen LogP contribution in [0.1, 0.15) is 51.5 Å². The summed E-state index contributed by atoms with van der Waals surface area (Å²) in [5.74, 6) is -1.26. The molecule has 0 saturated carbocycles. The van der Waals surface area contributed by atoms with Gasteiger partial charge in [0, 0.05) is 18.3 Å². The van der Waals surface area contributed by atoms with Crippen molar-refractivity contribution >= 4 is 17.7 Å². The monoisotopic (exact) mass is 357 g/mol. The lowest BCUT2D eigenvalue weighted by atomic mass is 10.1. The van der Waals surface area contributed by atoms with E-state index >= 15 is 0 Å². The maximum Gasteiger partial charge on any atom is 0.339 e. The highest BCUT2D eigenvalue weighted by molar-refractivity contribution is 6.09. The Morgan fingerprint density at radius 1 is 1.00 bits per heavy atom. The Balaban J connectivity index is 2.46. The number of aryl methyl sites for hydroxylation is 1. The number of hydrogen-bond donors (Lipinski definition) is 0. The van der Waals surface area contributed by atoms with Crippen LogP contribution in [0.25, 0.3) is 0 Å². The van der Waals surface area contributed by atoms with Gasteiger partial charge in [-0.1, -0.05) is 29.8 Å². The van der Waals surface area contributed by atoms with E-state index in [1.165, 1.54) is 6.07 Å². The predicted octanol–water partition coefficient (Wildman–Crippen LogP) is 2.85. The molecule has 0 saturated heterocycles. The highest BCUT2D eigenvalue weighted by Crippen LogP contribution is 2.21. The summed E-state index contributed by atoms with van der Waals surface area (Å²) >= 11 is 0. The average Bonchev–Trinajstić information content (AvgIpc) is 2.92. The van der Waals surface area contributed by atoms with Crippen LogP contribution in [0.4, 0.5) is 0 Å². The molecule has 1 aromatic carbocycles.